The van der Waals surface area contributed by atoms with Crippen LogP contribution < -0.4 is 5.73 Å². The largest absolute Gasteiger partial charge is 0.342 e. The van der Waals surface area contributed by atoms with Crippen molar-refractivity contribution in [3.05, 3.63) is 0 Å². The Hall–Kier alpha value is -0.570. The molecule has 1 unspecified atom stereocenters. The molecule has 0 radical (unpaired) electrons. The van der Waals surface area contributed by atoms with Crippen molar-refractivity contribution >= 4 is 5.91 Å². The van der Waals surface area contributed by atoms with Crippen LogP contribution in [0.2, 0.25) is 0 Å². The van der Waals surface area contributed by atoms with Crippen molar-refractivity contribution in [2.45, 2.75) is 39.0 Å². The number of hydrogen-bond donors (Lipinski definition) is 1. The third-order valence-corrected chi connectivity index (χ3v) is 4.45. The minimum absolute atomic E-state index is 0.237. The van der Waals surface area contributed by atoms with Gasteiger partial charge in [-0.3, -0.25) is 4.79 Å². The first-order chi connectivity index (χ1) is 7.76. The van der Waals surface area contributed by atoms with Gasteiger partial charge in [-0.1, -0.05) is 19.8 Å². The first kappa shape index (κ1) is 11.9. The summed E-state index contributed by atoms with van der Waals surface area (Å²) in [6.07, 6.45) is 5.80. The van der Waals surface area contributed by atoms with Crippen molar-refractivity contribution < 1.29 is 4.79 Å². The van der Waals surface area contributed by atoms with Crippen LogP contribution in [0.1, 0.15) is 39.0 Å². The summed E-state index contributed by atoms with van der Waals surface area (Å²) in [5.41, 5.74) is 5.74. The Morgan fingerprint density at radius 1 is 1.38 bits per heavy atom. The molecule has 2 aliphatic rings. The number of likely N-dealkylation sites (tertiary alicyclic amines) is 1. The summed E-state index contributed by atoms with van der Waals surface area (Å²) in [7, 11) is 0. The maximum Gasteiger partial charge on any atom is 0.226 e. The second-order valence-corrected chi connectivity index (χ2v) is 5.38. The highest BCUT2D eigenvalue weighted by Crippen LogP contribution is 2.33. The summed E-state index contributed by atoms with van der Waals surface area (Å²) in [5, 5.41) is 0. The van der Waals surface area contributed by atoms with E-state index in [2.05, 4.69) is 11.8 Å². The van der Waals surface area contributed by atoms with Crippen LogP contribution in [0, 0.1) is 17.8 Å². The second-order valence-electron chi connectivity index (χ2n) is 5.38. The monoisotopic (exact) mass is 224 g/mol. The molecule has 2 rings (SSSR count). The van der Waals surface area contributed by atoms with Crippen LogP contribution in [-0.4, -0.2) is 30.4 Å². The highest BCUT2D eigenvalue weighted by Gasteiger charge is 2.36. The van der Waals surface area contributed by atoms with Gasteiger partial charge < -0.3 is 10.6 Å². The van der Waals surface area contributed by atoms with Gasteiger partial charge in [0.25, 0.3) is 0 Å². The molecule has 1 aliphatic heterocycles. The third-order valence-electron chi connectivity index (χ3n) is 4.45. The first-order valence-corrected chi connectivity index (χ1v) is 6.75. The Bertz CT molecular complexity index is 254. The summed E-state index contributed by atoms with van der Waals surface area (Å²) < 4.78 is 0. The van der Waals surface area contributed by atoms with E-state index in [1.54, 1.807) is 0 Å². The molecule has 0 aromatic rings. The zero-order valence-corrected chi connectivity index (χ0v) is 10.3. The molecule has 0 spiro atoms. The van der Waals surface area contributed by atoms with Crippen molar-refractivity contribution in [1.29, 1.82) is 0 Å². The normalized spacial score (nSPS) is 34.6. The van der Waals surface area contributed by atoms with E-state index < -0.39 is 0 Å². The molecule has 1 amide bonds. The molecule has 0 aromatic heterocycles. The second kappa shape index (κ2) is 5.17. The van der Waals surface area contributed by atoms with Crippen LogP contribution in [-0.2, 0) is 4.79 Å². The van der Waals surface area contributed by atoms with Gasteiger partial charge in [0.1, 0.15) is 0 Å². The average Bonchev–Trinajstić information content (AvgIpc) is 2.96. The zero-order valence-electron chi connectivity index (χ0n) is 10.3. The molecule has 0 bridgehead atoms. The molecular weight excluding hydrogens is 200 g/mol. The number of carbonyl (C=O) groups is 1. The van der Waals surface area contributed by atoms with E-state index >= 15 is 0 Å². The maximum absolute atomic E-state index is 12.3. The van der Waals surface area contributed by atoms with Gasteiger partial charge in [0.15, 0.2) is 0 Å². The van der Waals surface area contributed by atoms with Gasteiger partial charge >= 0.3 is 0 Å². The number of hydrogen-bond acceptors (Lipinski definition) is 2. The SMILES string of the molecule is CCC1CCN(C(=O)[C@@H]2CCC[C@@H]2CN)C1. The minimum atomic E-state index is 0.237. The molecule has 1 saturated carbocycles. The van der Waals surface area contributed by atoms with E-state index in [4.69, 9.17) is 5.73 Å². The number of rotatable bonds is 3. The highest BCUT2D eigenvalue weighted by molar-refractivity contribution is 5.79. The lowest BCUT2D eigenvalue weighted by Crippen LogP contribution is -2.37. The fourth-order valence-electron chi connectivity index (χ4n) is 3.24. The van der Waals surface area contributed by atoms with Crippen LogP contribution >= 0.6 is 0 Å². The van der Waals surface area contributed by atoms with Crippen LogP contribution in [0.5, 0.6) is 0 Å². The van der Waals surface area contributed by atoms with E-state index in [1.165, 1.54) is 19.3 Å². The van der Waals surface area contributed by atoms with Gasteiger partial charge in [0.2, 0.25) is 5.91 Å². The number of carbonyl (C=O) groups excluding carboxylic acids is 1. The Morgan fingerprint density at radius 2 is 2.19 bits per heavy atom. The van der Waals surface area contributed by atoms with Gasteiger partial charge in [-0.05, 0) is 37.6 Å². The lowest BCUT2D eigenvalue weighted by molar-refractivity contribution is -0.135. The van der Waals surface area contributed by atoms with Crippen molar-refractivity contribution in [3.63, 3.8) is 0 Å². The summed E-state index contributed by atoms with van der Waals surface area (Å²) in [6.45, 7) is 4.87. The van der Waals surface area contributed by atoms with Crippen molar-refractivity contribution in [2.75, 3.05) is 19.6 Å². The summed E-state index contributed by atoms with van der Waals surface area (Å²) in [6, 6.07) is 0. The van der Waals surface area contributed by atoms with Crippen molar-refractivity contribution in [3.8, 4) is 0 Å². The van der Waals surface area contributed by atoms with E-state index in [0.717, 1.165) is 31.8 Å². The Balaban J connectivity index is 1.92. The molecule has 3 nitrogen and oxygen atoms in total. The van der Waals surface area contributed by atoms with E-state index in [1.807, 2.05) is 0 Å². The molecule has 1 aliphatic carbocycles. The van der Waals surface area contributed by atoms with Gasteiger partial charge in [-0.15, -0.1) is 0 Å². The van der Waals surface area contributed by atoms with E-state index in [-0.39, 0.29) is 5.92 Å². The fraction of sp³-hybridized carbons (Fsp3) is 0.923. The predicted molar refractivity (Wildman–Crippen MR) is 64.9 cm³/mol. The molecule has 1 saturated heterocycles. The van der Waals surface area contributed by atoms with Crippen molar-refractivity contribution in [2.24, 2.45) is 23.5 Å². The van der Waals surface area contributed by atoms with Gasteiger partial charge in [-0.2, -0.15) is 0 Å². The van der Waals surface area contributed by atoms with Crippen LogP contribution in [0.3, 0.4) is 0 Å². The Labute approximate surface area is 98.4 Å². The summed E-state index contributed by atoms with van der Waals surface area (Å²) in [4.78, 5) is 14.4. The molecule has 92 valence electrons. The lowest BCUT2D eigenvalue weighted by atomic mass is 9.95. The molecule has 3 atom stereocenters. The number of nitrogens with zero attached hydrogens (tertiary/aromatic N) is 1. The first-order valence-electron chi connectivity index (χ1n) is 6.75. The molecule has 0 aromatic carbocycles. The van der Waals surface area contributed by atoms with Crippen LogP contribution in [0.15, 0.2) is 0 Å². The molecular formula is C13H24N2O. The smallest absolute Gasteiger partial charge is 0.226 e. The highest BCUT2D eigenvalue weighted by atomic mass is 16.2. The molecule has 16 heavy (non-hydrogen) atoms. The van der Waals surface area contributed by atoms with Gasteiger partial charge in [-0.25, -0.2) is 0 Å². The summed E-state index contributed by atoms with van der Waals surface area (Å²) in [5.74, 6) is 1.82. The maximum atomic E-state index is 12.3. The van der Waals surface area contributed by atoms with Crippen LogP contribution in [0.4, 0.5) is 0 Å². The van der Waals surface area contributed by atoms with Gasteiger partial charge in [0, 0.05) is 19.0 Å². The standard InChI is InChI=1S/C13H24N2O/c1-2-10-6-7-15(9-10)13(16)12-5-3-4-11(12)8-14/h10-12H,2-9,14H2,1H3/t10?,11-,12-/m1/s1. The predicted octanol–water partition coefficient (Wildman–Crippen LogP) is 1.62. The molecule has 2 N–H and O–H groups in total. The van der Waals surface area contributed by atoms with E-state index in [9.17, 15) is 4.79 Å². The lowest BCUT2D eigenvalue weighted by Gasteiger charge is -2.24. The third kappa shape index (κ3) is 2.24. The van der Waals surface area contributed by atoms with E-state index in [0.29, 0.717) is 18.4 Å². The fourth-order valence-corrected chi connectivity index (χ4v) is 3.24. The average molecular weight is 224 g/mol. The minimum Gasteiger partial charge on any atom is -0.342 e. The van der Waals surface area contributed by atoms with Crippen LogP contribution in [0.25, 0.3) is 0 Å². The van der Waals surface area contributed by atoms with Crippen molar-refractivity contribution in [1.82, 2.24) is 4.90 Å². The topological polar surface area (TPSA) is 46.3 Å². The quantitative estimate of drug-likeness (QED) is 0.792. The Kier molecular flexibility index (Phi) is 3.85. The molecule has 1 heterocycles. The molecule has 3 heteroatoms. The zero-order chi connectivity index (χ0) is 11.5. The molecule has 2 fully saturated rings. The Morgan fingerprint density at radius 3 is 2.81 bits per heavy atom. The number of amides is 1. The number of nitrogens with two attached hydrogens (primary N) is 1. The summed E-state index contributed by atoms with van der Waals surface area (Å²) >= 11 is 0. The van der Waals surface area contributed by atoms with Gasteiger partial charge in [0.05, 0.1) is 0 Å².